The molecule has 3 aromatic rings. The number of benzene rings is 2. The third-order valence-electron chi connectivity index (χ3n) is 7.42. The van der Waals surface area contributed by atoms with Crippen molar-refractivity contribution in [2.24, 2.45) is 0 Å². The zero-order valence-corrected chi connectivity index (χ0v) is 22.9. The summed E-state index contributed by atoms with van der Waals surface area (Å²) in [5.74, 6) is -0.449. The Morgan fingerprint density at radius 1 is 0.868 bits per heavy atom. The number of carbonyl (C=O) groups is 2. The smallest absolute Gasteiger partial charge is 0.247 e. The number of anilines is 1. The van der Waals surface area contributed by atoms with Crippen LogP contribution in [0.5, 0.6) is 0 Å². The first-order valence-corrected chi connectivity index (χ1v) is 14.1. The van der Waals surface area contributed by atoms with Crippen molar-refractivity contribution in [2.45, 2.75) is 84.2 Å². The minimum absolute atomic E-state index is 0.000260. The molecule has 0 spiro atoms. The number of amides is 2. The van der Waals surface area contributed by atoms with Gasteiger partial charge in [-0.15, -0.1) is 0 Å². The topological polar surface area (TPSA) is 45.6 Å². The van der Waals surface area contributed by atoms with Crippen molar-refractivity contribution in [1.29, 1.82) is 0 Å². The molecule has 5 nitrogen and oxygen atoms in total. The molecule has 2 heterocycles. The standard InChI is InChI=1S/C32H40FN3O2/c1-4-5-6-7-8-9-10-17-30(37)35(24(2)3)23-31(38)36-28-15-12-11-14-27(28)34-22-13-16-29(34)32(36)25-18-20-26(33)21-19-25/h11-16,18-22,24,32H,4-10,17,23H2,1-3H3. The van der Waals surface area contributed by atoms with Gasteiger partial charge >= 0.3 is 0 Å². The molecule has 2 aromatic carbocycles. The van der Waals surface area contributed by atoms with E-state index < -0.39 is 6.04 Å². The maximum atomic E-state index is 14.1. The van der Waals surface area contributed by atoms with Crippen LogP contribution in [0.2, 0.25) is 0 Å². The SMILES string of the molecule is CCCCCCCCCC(=O)N(CC(=O)N1c2ccccc2-n2cccc2C1c1ccc(F)cc1)C(C)C. The van der Waals surface area contributed by atoms with E-state index in [1.165, 1.54) is 37.8 Å². The summed E-state index contributed by atoms with van der Waals surface area (Å²) in [6, 6.07) is 17.6. The second kappa shape index (κ2) is 12.9. The molecule has 1 aromatic heterocycles. The minimum atomic E-state index is -0.430. The number of hydrogen-bond donors (Lipinski definition) is 0. The van der Waals surface area contributed by atoms with E-state index >= 15 is 0 Å². The summed E-state index contributed by atoms with van der Waals surface area (Å²) in [6.07, 6.45) is 10.5. The van der Waals surface area contributed by atoms with Crippen LogP contribution in [-0.2, 0) is 9.59 Å². The lowest BCUT2D eigenvalue weighted by Crippen LogP contribution is -2.48. The van der Waals surface area contributed by atoms with E-state index in [1.54, 1.807) is 21.9 Å². The third kappa shape index (κ3) is 6.17. The molecule has 0 saturated heterocycles. The fourth-order valence-corrected chi connectivity index (χ4v) is 5.38. The molecule has 4 rings (SSSR count). The summed E-state index contributed by atoms with van der Waals surface area (Å²) in [7, 11) is 0. The van der Waals surface area contributed by atoms with Crippen LogP contribution in [0.25, 0.3) is 5.69 Å². The largest absolute Gasteiger partial charge is 0.331 e. The van der Waals surface area contributed by atoms with Crippen LogP contribution in [0.15, 0.2) is 66.9 Å². The number of para-hydroxylation sites is 2. The fourth-order valence-electron chi connectivity index (χ4n) is 5.38. The van der Waals surface area contributed by atoms with E-state index in [9.17, 15) is 14.0 Å². The van der Waals surface area contributed by atoms with Gasteiger partial charge < -0.3 is 9.47 Å². The summed E-state index contributed by atoms with van der Waals surface area (Å²) in [6.45, 7) is 6.13. The number of fused-ring (bicyclic) bond motifs is 3. The van der Waals surface area contributed by atoms with Crippen LogP contribution in [0.3, 0.4) is 0 Å². The number of aromatic nitrogens is 1. The zero-order chi connectivity index (χ0) is 27.1. The normalized spacial score (nSPS) is 14.3. The monoisotopic (exact) mass is 517 g/mol. The average Bonchev–Trinajstić information content (AvgIpc) is 3.40. The Kier molecular flexibility index (Phi) is 9.38. The molecule has 0 fully saturated rings. The first kappa shape index (κ1) is 27.6. The molecular weight excluding hydrogens is 477 g/mol. The highest BCUT2D eigenvalue weighted by atomic mass is 19.1. The van der Waals surface area contributed by atoms with E-state index in [1.807, 2.05) is 56.4 Å². The summed E-state index contributed by atoms with van der Waals surface area (Å²) in [5, 5.41) is 0. The van der Waals surface area contributed by atoms with Crippen molar-refractivity contribution in [1.82, 2.24) is 9.47 Å². The number of unbranched alkanes of at least 4 members (excludes halogenated alkanes) is 6. The number of rotatable bonds is 12. The lowest BCUT2D eigenvalue weighted by atomic mass is 9.97. The summed E-state index contributed by atoms with van der Waals surface area (Å²) < 4.78 is 15.9. The van der Waals surface area contributed by atoms with Crippen molar-refractivity contribution in [3.8, 4) is 5.69 Å². The van der Waals surface area contributed by atoms with E-state index in [0.29, 0.717) is 6.42 Å². The van der Waals surface area contributed by atoms with Crippen LogP contribution in [0.1, 0.15) is 89.4 Å². The Morgan fingerprint density at radius 2 is 1.53 bits per heavy atom. The fraction of sp³-hybridized carbons (Fsp3) is 0.438. The molecule has 0 aliphatic carbocycles. The van der Waals surface area contributed by atoms with E-state index in [4.69, 9.17) is 0 Å². The molecule has 1 aliphatic heterocycles. The van der Waals surface area contributed by atoms with Gasteiger partial charge in [-0.2, -0.15) is 0 Å². The molecule has 0 saturated carbocycles. The Morgan fingerprint density at radius 3 is 2.21 bits per heavy atom. The van der Waals surface area contributed by atoms with Crippen LogP contribution in [-0.4, -0.2) is 33.9 Å². The zero-order valence-electron chi connectivity index (χ0n) is 22.9. The molecule has 0 radical (unpaired) electrons. The van der Waals surface area contributed by atoms with Crippen LogP contribution in [0, 0.1) is 5.82 Å². The highest BCUT2D eigenvalue weighted by molar-refractivity contribution is 6.00. The molecule has 6 heteroatoms. The highest BCUT2D eigenvalue weighted by Crippen LogP contribution is 2.42. The van der Waals surface area contributed by atoms with Gasteiger partial charge in [-0.3, -0.25) is 14.5 Å². The van der Waals surface area contributed by atoms with Crippen LogP contribution < -0.4 is 4.90 Å². The number of hydrogen-bond acceptors (Lipinski definition) is 2. The van der Waals surface area contributed by atoms with Gasteiger partial charge in [0, 0.05) is 18.7 Å². The minimum Gasteiger partial charge on any atom is -0.331 e. The Hall–Kier alpha value is -3.41. The molecule has 0 bridgehead atoms. The van der Waals surface area contributed by atoms with Crippen molar-refractivity contribution < 1.29 is 14.0 Å². The molecule has 1 aliphatic rings. The van der Waals surface area contributed by atoms with Gasteiger partial charge in [0.15, 0.2) is 0 Å². The molecule has 202 valence electrons. The molecule has 1 atom stereocenters. The summed E-state index contributed by atoms with van der Waals surface area (Å²) >= 11 is 0. The maximum absolute atomic E-state index is 14.1. The second-order valence-electron chi connectivity index (χ2n) is 10.5. The number of carbonyl (C=O) groups excluding carboxylic acids is 2. The molecule has 38 heavy (non-hydrogen) atoms. The van der Waals surface area contributed by atoms with Crippen molar-refractivity contribution in [3.05, 3.63) is 83.9 Å². The van der Waals surface area contributed by atoms with Crippen molar-refractivity contribution in [3.63, 3.8) is 0 Å². The molecule has 0 N–H and O–H groups in total. The van der Waals surface area contributed by atoms with E-state index in [-0.39, 0.29) is 30.2 Å². The Balaban J connectivity index is 1.55. The van der Waals surface area contributed by atoms with E-state index in [2.05, 4.69) is 11.5 Å². The van der Waals surface area contributed by atoms with Crippen LogP contribution in [0.4, 0.5) is 10.1 Å². The average molecular weight is 518 g/mol. The van der Waals surface area contributed by atoms with Crippen molar-refractivity contribution >= 4 is 17.5 Å². The van der Waals surface area contributed by atoms with Crippen LogP contribution >= 0.6 is 0 Å². The lowest BCUT2D eigenvalue weighted by Gasteiger charge is -2.40. The molecule has 2 amide bonds. The van der Waals surface area contributed by atoms with Gasteiger partial charge in [0.05, 0.1) is 17.1 Å². The quantitative estimate of drug-likeness (QED) is 0.235. The van der Waals surface area contributed by atoms with Gasteiger partial charge in [0.2, 0.25) is 11.8 Å². The number of nitrogens with zero attached hydrogens (tertiary/aromatic N) is 3. The van der Waals surface area contributed by atoms with Gasteiger partial charge in [-0.25, -0.2) is 4.39 Å². The predicted molar refractivity (Wildman–Crippen MR) is 151 cm³/mol. The van der Waals surface area contributed by atoms with Gasteiger partial charge in [0.25, 0.3) is 0 Å². The number of halogens is 1. The summed E-state index contributed by atoms with van der Waals surface area (Å²) in [4.78, 5) is 30.8. The Labute approximate surface area is 226 Å². The van der Waals surface area contributed by atoms with Gasteiger partial charge in [-0.05, 0) is 62.2 Å². The summed E-state index contributed by atoms with van der Waals surface area (Å²) in [5.41, 5.74) is 3.43. The van der Waals surface area contributed by atoms with Gasteiger partial charge in [-0.1, -0.05) is 69.7 Å². The maximum Gasteiger partial charge on any atom is 0.247 e. The lowest BCUT2D eigenvalue weighted by molar-refractivity contribution is -0.137. The van der Waals surface area contributed by atoms with Crippen molar-refractivity contribution in [2.75, 3.05) is 11.4 Å². The van der Waals surface area contributed by atoms with E-state index in [0.717, 1.165) is 41.9 Å². The first-order chi connectivity index (χ1) is 18.4. The molecule has 1 unspecified atom stereocenters. The Bertz CT molecular complexity index is 1220. The third-order valence-corrected chi connectivity index (χ3v) is 7.42. The first-order valence-electron chi connectivity index (χ1n) is 14.1. The second-order valence-corrected chi connectivity index (χ2v) is 10.5. The molecular formula is C32H40FN3O2. The predicted octanol–water partition coefficient (Wildman–Crippen LogP) is 7.43. The highest BCUT2D eigenvalue weighted by Gasteiger charge is 2.37. The van der Waals surface area contributed by atoms with Gasteiger partial charge in [0.1, 0.15) is 18.4 Å².